The second-order valence-corrected chi connectivity index (χ2v) is 4.58. The molecule has 0 aromatic heterocycles. The van der Waals surface area contributed by atoms with Crippen LogP contribution in [-0.2, 0) is 6.18 Å². The Bertz CT molecular complexity index is 359. The van der Waals surface area contributed by atoms with E-state index in [1.54, 1.807) is 0 Å². The van der Waals surface area contributed by atoms with E-state index in [2.05, 4.69) is 5.32 Å². The summed E-state index contributed by atoms with van der Waals surface area (Å²) in [7, 11) is 0. The van der Waals surface area contributed by atoms with Crippen molar-refractivity contribution in [3.05, 3.63) is 29.8 Å². The van der Waals surface area contributed by atoms with Gasteiger partial charge in [-0.2, -0.15) is 13.2 Å². The molecule has 1 aromatic rings. The van der Waals surface area contributed by atoms with Gasteiger partial charge in [0.15, 0.2) is 0 Å². The summed E-state index contributed by atoms with van der Waals surface area (Å²) in [6.07, 6.45) is -3.74. The fourth-order valence-corrected chi connectivity index (χ4v) is 1.68. The van der Waals surface area contributed by atoms with Crippen LogP contribution < -0.4 is 5.32 Å². The summed E-state index contributed by atoms with van der Waals surface area (Å²) in [5, 5.41) is 12.1. The monoisotopic (exact) mass is 261 g/mol. The molecule has 0 amide bonds. The van der Waals surface area contributed by atoms with Gasteiger partial charge in [-0.3, -0.25) is 0 Å². The van der Waals surface area contributed by atoms with E-state index in [4.69, 9.17) is 5.11 Å². The molecule has 0 bridgehead atoms. The number of rotatable bonds is 5. The van der Waals surface area contributed by atoms with Crippen molar-refractivity contribution in [1.82, 2.24) is 0 Å². The van der Waals surface area contributed by atoms with Crippen molar-refractivity contribution < 1.29 is 18.3 Å². The summed E-state index contributed by atoms with van der Waals surface area (Å²) >= 11 is 0. The van der Waals surface area contributed by atoms with E-state index < -0.39 is 11.7 Å². The lowest BCUT2D eigenvalue weighted by Crippen LogP contribution is -2.26. The zero-order valence-electron chi connectivity index (χ0n) is 10.5. The lowest BCUT2D eigenvalue weighted by atomic mass is 10.0. The number of nitrogens with one attached hydrogen (secondary N) is 1. The molecule has 0 radical (unpaired) electrons. The number of alkyl halides is 3. The Morgan fingerprint density at radius 1 is 1.17 bits per heavy atom. The topological polar surface area (TPSA) is 32.3 Å². The van der Waals surface area contributed by atoms with Gasteiger partial charge in [-0.25, -0.2) is 0 Å². The van der Waals surface area contributed by atoms with Gasteiger partial charge in [-0.1, -0.05) is 13.8 Å². The Morgan fingerprint density at radius 2 is 1.72 bits per heavy atom. The third-order valence-corrected chi connectivity index (χ3v) is 2.81. The third kappa shape index (κ3) is 4.22. The van der Waals surface area contributed by atoms with E-state index in [1.807, 2.05) is 13.8 Å². The first kappa shape index (κ1) is 14.8. The van der Waals surface area contributed by atoms with Crippen LogP contribution in [0.15, 0.2) is 24.3 Å². The van der Waals surface area contributed by atoms with Crippen molar-refractivity contribution >= 4 is 5.69 Å². The molecule has 1 atom stereocenters. The van der Waals surface area contributed by atoms with Gasteiger partial charge in [0.25, 0.3) is 0 Å². The minimum absolute atomic E-state index is 0.0479. The smallest absolute Gasteiger partial charge is 0.396 e. The Kier molecular flexibility index (Phi) is 5.02. The number of halogens is 3. The molecule has 0 aliphatic heterocycles. The van der Waals surface area contributed by atoms with E-state index in [0.717, 1.165) is 12.1 Å². The molecule has 0 fully saturated rings. The second kappa shape index (κ2) is 6.09. The zero-order valence-corrected chi connectivity index (χ0v) is 10.5. The molecule has 0 aliphatic rings. The van der Waals surface area contributed by atoms with Crippen LogP contribution in [0.5, 0.6) is 0 Å². The normalized spacial score (nSPS) is 13.7. The number of aliphatic hydroxyl groups excluding tert-OH is 1. The minimum Gasteiger partial charge on any atom is -0.396 e. The number of benzene rings is 1. The van der Waals surface area contributed by atoms with E-state index in [-0.39, 0.29) is 12.6 Å². The summed E-state index contributed by atoms with van der Waals surface area (Å²) < 4.78 is 37.1. The number of hydrogen-bond acceptors (Lipinski definition) is 2. The van der Waals surface area contributed by atoms with Crippen molar-refractivity contribution in [2.24, 2.45) is 5.92 Å². The average molecular weight is 261 g/mol. The van der Waals surface area contributed by atoms with Crippen molar-refractivity contribution in [2.45, 2.75) is 32.5 Å². The summed E-state index contributed by atoms with van der Waals surface area (Å²) in [5.74, 6) is 0.291. The van der Waals surface area contributed by atoms with Crippen LogP contribution in [-0.4, -0.2) is 17.8 Å². The first-order chi connectivity index (χ1) is 8.34. The molecule has 2 N–H and O–H groups in total. The molecule has 5 heteroatoms. The molecule has 0 saturated carbocycles. The summed E-state index contributed by atoms with van der Waals surface area (Å²) in [6, 6.07) is 4.98. The standard InChI is InChI=1S/C13H18F3NO/c1-9(2)12(7-8-18)17-11-5-3-10(4-6-11)13(14,15)16/h3-6,9,12,17-18H,7-8H2,1-2H3. The van der Waals surface area contributed by atoms with Gasteiger partial charge in [-0.05, 0) is 36.6 Å². The maximum atomic E-state index is 12.4. The van der Waals surface area contributed by atoms with Crippen LogP contribution in [0.4, 0.5) is 18.9 Å². The quantitative estimate of drug-likeness (QED) is 0.850. The Hall–Kier alpha value is -1.23. The van der Waals surface area contributed by atoms with Crippen molar-refractivity contribution in [2.75, 3.05) is 11.9 Å². The second-order valence-electron chi connectivity index (χ2n) is 4.58. The first-order valence-electron chi connectivity index (χ1n) is 5.89. The summed E-state index contributed by atoms with van der Waals surface area (Å²) in [6.45, 7) is 4.05. The fourth-order valence-electron chi connectivity index (χ4n) is 1.68. The highest BCUT2D eigenvalue weighted by Crippen LogP contribution is 2.30. The number of hydrogen-bond donors (Lipinski definition) is 2. The van der Waals surface area contributed by atoms with Gasteiger partial charge in [0.2, 0.25) is 0 Å². The predicted molar refractivity (Wildman–Crippen MR) is 65.4 cm³/mol. The van der Waals surface area contributed by atoms with Gasteiger partial charge in [-0.15, -0.1) is 0 Å². The van der Waals surface area contributed by atoms with Crippen LogP contribution in [0.1, 0.15) is 25.8 Å². The van der Waals surface area contributed by atoms with Gasteiger partial charge in [0.1, 0.15) is 0 Å². The molecular weight excluding hydrogens is 243 g/mol. The Labute approximate surface area is 105 Å². The van der Waals surface area contributed by atoms with E-state index in [0.29, 0.717) is 18.0 Å². The molecule has 0 spiro atoms. The highest BCUT2D eigenvalue weighted by atomic mass is 19.4. The number of anilines is 1. The molecule has 2 nitrogen and oxygen atoms in total. The molecule has 102 valence electrons. The highest BCUT2D eigenvalue weighted by molar-refractivity contribution is 5.46. The molecule has 1 unspecified atom stereocenters. The molecule has 0 heterocycles. The van der Waals surface area contributed by atoms with E-state index in [9.17, 15) is 13.2 Å². The van der Waals surface area contributed by atoms with E-state index >= 15 is 0 Å². The maximum Gasteiger partial charge on any atom is 0.416 e. The van der Waals surface area contributed by atoms with Crippen molar-refractivity contribution in [3.8, 4) is 0 Å². The van der Waals surface area contributed by atoms with Crippen LogP contribution >= 0.6 is 0 Å². The third-order valence-electron chi connectivity index (χ3n) is 2.81. The molecule has 1 rings (SSSR count). The molecule has 0 saturated heterocycles. The highest BCUT2D eigenvalue weighted by Gasteiger charge is 2.30. The lowest BCUT2D eigenvalue weighted by Gasteiger charge is -2.23. The molecule has 18 heavy (non-hydrogen) atoms. The maximum absolute atomic E-state index is 12.4. The Morgan fingerprint density at radius 3 is 2.11 bits per heavy atom. The minimum atomic E-state index is -4.30. The molecule has 0 aliphatic carbocycles. The largest absolute Gasteiger partial charge is 0.416 e. The van der Waals surface area contributed by atoms with E-state index in [1.165, 1.54) is 12.1 Å². The van der Waals surface area contributed by atoms with Crippen molar-refractivity contribution in [3.63, 3.8) is 0 Å². The van der Waals surface area contributed by atoms with Gasteiger partial charge in [0, 0.05) is 18.3 Å². The van der Waals surface area contributed by atoms with Crippen molar-refractivity contribution in [1.29, 1.82) is 0 Å². The zero-order chi connectivity index (χ0) is 13.8. The predicted octanol–water partition coefficient (Wildman–Crippen LogP) is 3.52. The average Bonchev–Trinajstić information content (AvgIpc) is 2.28. The molecule has 1 aromatic carbocycles. The first-order valence-corrected chi connectivity index (χ1v) is 5.89. The van der Waals surface area contributed by atoms with Crippen LogP contribution in [0, 0.1) is 5.92 Å². The SMILES string of the molecule is CC(C)C(CCO)Nc1ccc(C(F)(F)F)cc1. The fraction of sp³-hybridized carbons (Fsp3) is 0.538. The Balaban J connectivity index is 2.73. The molecular formula is C13H18F3NO. The van der Waals surface area contributed by atoms with Crippen LogP contribution in [0.25, 0.3) is 0 Å². The number of aliphatic hydroxyl groups is 1. The van der Waals surface area contributed by atoms with Gasteiger partial charge in [0.05, 0.1) is 5.56 Å². The van der Waals surface area contributed by atoms with Crippen LogP contribution in [0.3, 0.4) is 0 Å². The lowest BCUT2D eigenvalue weighted by molar-refractivity contribution is -0.137. The summed E-state index contributed by atoms with van der Waals surface area (Å²) in [5.41, 5.74) is -0.0218. The van der Waals surface area contributed by atoms with Gasteiger partial charge < -0.3 is 10.4 Å². The van der Waals surface area contributed by atoms with Gasteiger partial charge >= 0.3 is 6.18 Å². The summed E-state index contributed by atoms with van der Waals surface area (Å²) in [4.78, 5) is 0. The van der Waals surface area contributed by atoms with Crippen LogP contribution in [0.2, 0.25) is 0 Å².